The van der Waals surface area contributed by atoms with Crippen molar-refractivity contribution in [1.82, 2.24) is 14.8 Å². The SMILES string of the molecule is Cn1ncc2cc(-c3ccc(CN(C(=O)c4ccccc4)c4cncc(/C=C/C(=O)O)c4)c(Cl)c3)ccc21. The first kappa shape index (κ1) is 24.9. The van der Waals surface area contributed by atoms with Crippen molar-refractivity contribution in [3.63, 3.8) is 0 Å². The molecule has 1 N–H and O–H groups in total. The van der Waals surface area contributed by atoms with Crippen LogP contribution in [0, 0.1) is 0 Å². The van der Waals surface area contributed by atoms with E-state index in [1.165, 1.54) is 12.3 Å². The number of benzene rings is 3. The number of halogens is 1. The Balaban J connectivity index is 1.49. The van der Waals surface area contributed by atoms with Gasteiger partial charge in [-0.15, -0.1) is 0 Å². The zero-order valence-corrected chi connectivity index (χ0v) is 21.2. The molecule has 5 aromatic rings. The Morgan fingerprint density at radius 2 is 1.74 bits per heavy atom. The van der Waals surface area contributed by atoms with Crippen molar-refractivity contribution in [1.29, 1.82) is 0 Å². The number of fused-ring (bicyclic) bond motifs is 1. The van der Waals surface area contributed by atoms with Crippen LogP contribution in [0.2, 0.25) is 5.02 Å². The van der Waals surface area contributed by atoms with E-state index in [9.17, 15) is 9.59 Å². The van der Waals surface area contributed by atoms with Crippen molar-refractivity contribution in [3.8, 4) is 11.1 Å². The standard InChI is InChI=1S/C30H23ClN4O3/c1-34-28-11-10-22(14-25(28)17-33-34)23-8-9-24(27(31)15-23)19-35(30(38)21-5-3-2-4-6-21)26-13-20(16-32-18-26)7-12-29(36)37/h2-18H,19H2,1H3,(H,36,37)/b12-7+. The highest BCUT2D eigenvalue weighted by Crippen LogP contribution is 2.30. The Morgan fingerprint density at radius 3 is 2.50 bits per heavy atom. The molecule has 0 fully saturated rings. The summed E-state index contributed by atoms with van der Waals surface area (Å²) < 4.78 is 1.83. The number of carboxylic acids is 1. The van der Waals surface area contributed by atoms with Crippen LogP contribution in [0.25, 0.3) is 28.1 Å². The first-order valence-corrected chi connectivity index (χ1v) is 12.2. The Morgan fingerprint density at radius 1 is 0.974 bits per heavy atom. The number of carboxylic acid groups (broad SMARTS) is 1. The maximum atomic E-state index is 13.6. The quantitative estimate of drug-likeness (QED) is 0.256. The number of hydrogen-bond donors (Lipinski definition) is 1. The van der Waals surface area contributed by atoms with Crippen LogP contribution >= 0.6 is 11.6 Å². The maximum absolute atomic E-state index is 13.6. The molecule has 0 aliphatic rings. The summed E-state index contributed by atoms with van der Waals surface area (Å²) in [6, 6.07) is 22.6. The van der Waals surface area contributed by atoms with E-state index in [0.717, 1.165) is 33.7 Å². The monoisotopic (exact) mass is 522 g/mol. The van der Waals surface area contributed by atoms with Crippen molar-refractivity contribution in [2.75, 3.05) is 4.90 Å². The number of carbonyl (C=O) groups is 2. The number of carbonyl (C=O) groups excluding carboxylic acids is 1. The average Bonchev–Trinajstić information content (AvgIpc) is 3.31. The Labute approximate surface area is 224 Å². The van der Waals surface area contributed by atoms with Gasteiger partial charge in [-0.25, -0.2) is 4.79 Å². The summed E-state index contributed by atoms with van der Waals surface area (Å²) in [5, 5.41) is 14.8. The molecule has 0 radical (unpaired) electrons. The molecule has 0 aliphatic carbocycles. The molecule has 0 unspecified atom stereocenters. The van der Waals surface area contributed by atoms with Gasteiger partial charge in [0.25, 0.3) is 5.91 Å². The minimum absolute atomic E-state index is 0.197. The van der Waals surface area contributed by atoms with Crippen LogP contribution in [0.3, 0.4) is 0 Å². The summed E-state index contributed by atoms with van der Waals surface area (Å²) in [5.74, 6) is -1.30. The topological polar surface area (TPSA) is 88.3 Å². The third-order valence-electron chi connectivity index (χ3n) is 6.20. The first-order valence-electron chi connectivity index (χ1n) is 11.8. The lowest BCUT2D eigenvalue weighted by molar-refractivity contribution is -0.131. The Kier molecular flexibility index (Phi) is 7.02. The minimum atomic E-state index is -1.07. The van der Waals surface area contributed by atoms with Gasteiger partial charge in [-0.1, -0.05) is 48.0 Å². The molecule has 0 aliphatic heterocycles. The van der Waals surface area contributed by atoms with Gasteiger partial charge in [0.2, 0.25) is 0 Å². The molecule has 2 heterocycles. The molecular formula is C30H23ClN4O3. The summed E-state index contributed by atoms with van der Waals surface area (Å²) in [7, 11) is 1.91. The van der Waals surface area contributed by atoms with Gasteiger partial charge in [0.15, 0.2) is 0 Å². The Hall–Kier alpha value is -4.75. The molecule has 3 aromatic carbocycles. The van der Waals surface area contributed by atoms with Gasteiger partial charge < -0.3 is 10.0 Å². The highest BCUT2D eigenvalue weighted by atomic mass is 35.5. The maximum Gasteiger partial charge on any atom is 0.328 e. The third kappa shape index (κ3) is 5.33. The van der Waals surface area contributed by atoms with E-state index >= 15 is 0 Å². The lowest BCUT2D eigenvalue weighted by Gasteiger charge is -2.24. The predicted octanol–water partition coefficient (Wildman–Crippen LogP) is 6.23. The van der Waals surface area contributed by atoms with E-state index in [-0.39, 0.29) is 12.5 Å². The zero-order chi connectivity index (χ0) is 26.6. The lowest BCUT2D eigenvalue weighted by Crippen LogP contribution is -2.30. The van der Waals surface area contributed by atoms with Gasteiger partial charge in [-0.3, -0.25) is 14.5 Å². The first-order chi connectivity index (χ1) is 18.4. The van der Waals surface area contributed by atoms with Crippen LogP contribution in [0.5, 0.6) is 0 Å². The van der Waals surface area contributed by atoms with Crippen molar-refractivity contribution < 1.29 is 14.7 Å². The van der Waals surface area contributed by atoms with Gasteiger partial charge in [0, 0.05) is 35.3 Å². The molecule has 2 aromatic heterocycles. The van der Waals surface area contributed by atoms with E-state index < -0.39 is 5.97 Å². The van der Waals surface area contributed by atoms with Crippen molar-refractivity contribution in [3.05, 3.63) is 119 Å². The summed E-state index contributed by atoms with van der Waals surface area (Å²) >= 11 is 6.75. The highest BCUT2D eigenvalue weighted by molar-refractivity contribution is 6.31. The molecule has 1 amide bonds. The number of anilines is 1. The second kappa shape index (κ2) is 10.7. The lowest BCUT2D eigenvalue weighted by atomic mass is 10.0. The van der Waals surface area contributed by atoms with E-state index in [1.54, 1.807) is 41.4 Å². The number of amides is 1. The van der Waals surface area contributed by atoms with Gasteiger partial charge >= 0.3 is 5.97 Å². The molecule has 38 heavy (non-hydrogen) atoms. The van der Waals surface area contributed by atoms with Crippen molar-refractivity contribution in [2.45, 2.75) is 6.54 Å². The molecule has 0 bridgehead atoms. The van der Waals surface area contributed by atoms with Crippen LogP contribution < -0.4 is 4.90 Å². The molecular weight excluding hydrogens is 500 g/mol. The smallest absolute Gasteiger partial charge is 0.328 e. The number of nitrogens with zero attached hydrogens (tertiary/aromatic N) is 4. The van der Waals surface area contributed by atoms with Crippen molar-refractivity contribution >= 4 is 46.1 Å². The fourth-order valence-electron chi connectivity index (χ4n) is 4.24. The molecule has 0 spiro atoms. The van der Waals surface area contributed by atoms with E-state index in [1.807, 2.05) is 54.3 Å². The number of aromatic nitrogens is 3. The minimum Gasteiger partial charge on any atom is -0.478 e. The van der Waals surface area contributed by atoms with Crippen LogP contribution in [0.15, 0.2) is 97.5 Å². The van der Waals surface area contributed by atoms with Crippen molar-refractivity contribution in [2.24, 2.45) is 7.05 Å². The molecule has 8 heteroatoms. The molecule has 188 valence electrons. The molecule has 0 saturated carbocycles. The summed E-state index contributed by atoms with van der Waals surface area (Å²) in [6.45, 7) is 0.197. The second-order valence-corrected chi connectivity index (χ2v) is 9.16. The number of pyridine rings is 1. The number of hydrogen-bond acceptors (Lipinski definition) is 4. The van der Waals surface area contributed by atoms with Gasteiger partial charge in [0.1, 0.15) is 0 Å². The predicted molar refractivity (Wildman–Crippen MR) is 149 cm³/mol. The summed E-state index contributed by atoms with van der Waals surface area (Å²) in [6.07, 6.45) is 7.41. The van der Waals surface area contributed by atoms with E-state index in [0.29, 0.717) is 21.8 Å². The third-order valence-corrected chi connectivity index (χ3v) is 6.55. The largest absolute Gasteiger partial charge is 0.478 e. The summed E-state index contributed by atoms with van der Waals surface area (Å²) in [5.41, 5.74) is 5.36. The fourth-order valence-corrected chi connectivity index (χ4v) is 4.48. The molecule has 0 saturated heterocycles. The molecule has 0 atom stereocenters. The van der Waals surface area contributed by atoms with Crippen LogP contribution in [-0.4, -0.2) is 31.7 Å². The average molecular weight is 523 g/mol. The van der Waals surface area contributed by atoms with E-state index in [4.69, 9.17) is 16.7 Å². The molecule has 7 nitrogen and oxygen atoms in total. The second-order valence-electron chi connectivity index (χ2n) is 8.75. The Bertz CT molecular complexity index is 1680. The van der Waals surface area contributed by atoms with Crippen LogP contribution in [0.1, 0.15) is 21.5 Å². The number of rotatable bonds is 7. The number of aliphatic carboxylic acids is 1. The van der Waals surface area contributed by atoms with Crippen LogP contribution in [-0.2, 0) is 18.4 Å². The van der Waals surface area contributed by atoms with Gasteiger partial charge in [-0.2, -0.15) is 5.10 Å². The van der Waals surface area contributed by atoms with E-state index in [2.05, 4.69) is 16.1 Å². The summed E-state index contributed by atoms with van der Waals surface area (Å²) in [4.78, 5) is 30.4. The van der Waals surface area contributed by atoms with Crippen LogP contribution in [0.4, 0.5) is 5.69 Å². The zero-order valence-electron chi connectivity index (χ0n) is 20.5. The van der Waals surface area contributed by atoms with Gasteiger partial charge in [0.05, 0.1) is 30.1 Å². The number of aryl methyl sites for hydroxylation is 1. The van der Waals surface area contributed by atoms with Gasteiger partial charge in [-0.05, 0) is 64.7 Å². The highest BCUT2D eigenvalue weighted by Gasteiger charge is 2.20. The fraction of sp³-hybridized carbons (Fsp3) is 0.0667. The normalized spacial score (nSPS) is 11.2. The molecule has 5 rings (SSSR count).